The highest BCUT2D eigenvalue weighted by atomic mass is 32.3. The van der Waals surface area contributed by atoms with E-state index in [4.69, 9.17) is 5.11 Å². The lowest BCUT2D eigenvalue weighted by Gasteiger charge is -2.36. The van der Waals surface area contributed by atoms with E-state index < -0.39 is 23.3 Å². The highest BCUT2D eigenvalue weighted by molar-refractivity contribution is 8.22. The molecule has 8 nitrogen and oxygen atoms in total. The predicted molar refractivity (Wildman–Crippen MR) is 121 cm³/mol. The van der Waals surface area contributed by atoms with Gasteiger partial charge >= 0.3 is 5.97 Å². The number of nitrogens with one attached hydrogen (secondary N) is 1. The van der Waals surface area contributed by atoms with E-state index >= 15 is 0 Å². The normalized spacial score (nSPS) is 17.0. The van der Waals surface area contributed by atoms with Crippen LogP contribution in [-0.2, 0) is 22.7 Å². The minimum atomic E-state index is -2.66. The van der Waals surface area contributed by atoms with E-state index in [1.165, 1.54) is 0 Å². The van der Waals surface area contributed by atoms with Gasteiger partial charge in [-0.1, -0.05) is 30.3 Å². The maximum atomic E-state index is 12.0. The van der Waals surface area contributed by atoms with Crippen LogP contribution in [0.3, 0.4) is 0 Å². The SMILES string of the molecule is O=C(O)CNC(=O)Cn1ccc2ccc(-c3cccc(CN4CCCS4(O)O)c3)cc21. The monoisotopic (exact) mass is 443 g/mol. The van der Waals surface area contributed by atoms with Gasteiger partial charge in [0.2, 0.25) is 5.91 Å². The Balaban J connectivity index is 1.56. The molecule has 31 heavy (non-hydrogen) atoms. The molecule has 0 radical (unpaired) electrons. The van der Waals surface area contributed by atoms with Gasteiger partial charge in [0, 0.05) is 24.8 Å². The fraction of sp³-hybridized carbons (Fsp3) is 0.273. The number of carbonyl (C=O) groups is 2. The Morgan fingerprint density at radius 3 is 2.61 bits per heavy atom. The van der Waals surface area contributed by atoms with Crippen molar-refractivity contribution in [3.05, 3.63) is 60.3 Å². The summed E-state index contributed by atoms with van der Waals surface area (Å²) in [5, 5.41) is 12.1. The maximum Gasteiger partial charge on any atom is 0.322 e. The van der Waals surface area contributed by atoms with Crippen molar-refractivity contribution in [2.24, 2.45) is 0 Å². The van der Waals surface area contributed by atoms with Crippen LogP contribution in [-0.4, -0.2) is 53.8 Å². The average molecular weight is 444 g/mol. The Morgan fingerprint density at radius 2 is 1.87 bits per heavy atom. The molecule has 164 valence electrons. The van der Waals surface area contributed by atoms with E-state index in [2.05, 4.69) is 5.32 Å². The molecule has 0 aliphatic carbocycles. The molecule has 1 aliphatic heterocycles. The van der Waals surface area contributed by atoms with Crippen LogP contribution >= 0.6 is 10.8 Å². The molecule has 4 N–H and O–H groups in total. The molecule has 1 aromatic heterocycles. The Morgan fingerprint density at radius 1 is 1.06 bits per heavy atom. The number of carboxylic acid groups (broad SMARTS) is 1. The number of amides is 1. The first-order chi connectivity index (χ1) is 14.8. The van der Waals surface area contributed by atoms with Gasteiger partial charge in [0.15, 0.2) is 0 Å². The van der Waals surface area contributed by atoms with E-state index in [0.717, 1.165) is 34.0 Å². The first-order valence-electron chi connectivity index (χ1n) is 9.99. The highest BCUT2D eigenvalue weighted by Crippen LogP contribution is 2.49. The Bertz CT molecular complexity index is 1130. The third-order valence-electron chi connectivity index (χ3n) is 5.38. The summed E-state index contributed by atoms with van der Waals surface area (Å²) in [6.45, 7) is 0.791. The van der Waals surface area contributed by atoms with Crippen LogP contribution in [0.5, 0.6) is 0 Å². The lowest BCUT2D eigenvalue weighted by Crippen LogP contribution is -2.31. The minimum Gasteiger partial charge on any atom is -0.480 e. The van der Waals surface area contributed by atoms with E-state index in [1.54, 1.807) is 8.87 Å². The molecule has 2 heterocycles. The summed E-state index contributed by atoms with van der Waals surface area (Å²) in [4.78, 5) is 22.7. The topological polar surface area (TPSA) is 115 Å². The molecular formula is C22H25N3O5S. The van der Waals surface area contributed by atoms with Crippen LogP contribution < -0.4 is 5.32 Å². The first-order valence-corrected chi connectivity index (χ1v) is 11.7. The molecular weight excluding hydrogens is 418 g/mol. The van der Waals surface area contributed by atoms with Crippen LogP contribution in [0.25, 0.3) is 22.0 Å². The lowest BCUT2D eigenvalue weighted by atomic mass is 10.0. The van der Waals surface area contributed by atoms with Crippen LogP contribution in [0, 0.1) is 0 Å². The van der Waals surface area contributed by atoms with Crippen LogP contribution in [0.2, 0.25) is 0 Å². The van der Waals surface area contributed by atoms with Crippen molar-refractivity contribution in [3.8, 4) is 11.1 Å². The molecule has 1 fully saturated rings. The van der Waals surface area contributed by atoms with Gasteiger partial charge in [0.25, 0.3) is 0 Å². The summed E-state index contributed by atoms with van der Waals surface area (Å²) >= 11 is 0. The second-order valence-corrected chi connectivity index (χ2v) is 9.83. The number of nitrogens with zero attached hydrogens (tertiary/aromatic N) is 2. The third-order valence-corrected chi connectivity index (χ3v) is 7.36. The summed E-state index contributed by atoms with van der Waals surface area (Å²) in [5.41, 5.74) is 3.86. The quantitative estimate of drug-likeness (QED) is 0.445. The van der Waals surface area contributed by atoms with Crippen LogP contribution in [0.4, 0.5) is 0 Å². The molecule has 9 heteroatoms. The number of aliphatic carboxylic acids is 1. The third kappa shape index (κ3) is 4.91. The summed E-state index contributed by atoms with van der Waals surface area (Å²) < 4.78 is 23.9. The highest BCUT2D eigenvalue weighted by Gasteiger charge is 2.28. The molecule has 0 atom stereocenters. The van der Waals surface area contributed by atoms with E-state index in [1.807, 2.05) is 54.7 Å². The molecule has 1 amide bonds. The van der Waals surface area contributed by atoms with Crippen molar-refractivity contribution in [2.45, 2.75) is 19.5 Å². The van der Waals surface area contributed by atoms with Gasteiger partial charge in [0.1, 0.15) is 13.1 Å². The number of hydrogen-bond acceptors (Lipinski definition) is 5. The summed E-state index contributed by atoms with van der Waals surface area (Å²) in [6, 6.07) is 15.9. The van der Waals surface area contributed by atoms with Gasteiger partial charge in [-0.05, 0) is 46.7 Å². The largest absolute Gasteiger partial charge is 0.480 e. The second kappa shape index (κ2) is 8.72. The maximum absolute atomic E-state index is 12.0. The Labute approximate surface area is 181 Å². The smallest absolute Gasteiger partial charge is 0.322 e. The average Bonchev–Trinajstić information content (AvgIpc) is 3.29. The summed E-state index contributed by atoms with van der Waals surface area (Å²) in [7, 11) is -2.66. The molecule has 0 saturated carbocycles. The van der Waals surface area contributed by atoms with Gasteiger partial charge in [-0.2, -0.15) is 0 Å². The van der Waals surface area contributed by atoms with Crippen molar-refractivity contribution < 1.29 is 23.8 Å². The second-order valence-electron chi connectivity index (χ2n) is 7.64. The molecule has 3 aromatic rings. The van der Waals surface area contributed by atoms with Gasteiger partial charge in [-0.25, -0.2) is 4.31 Å². The van der Waals surface area contributed by atoms with Gasteiger partial charge in [0.05, 0.1) is 5.75 Å². The molecule has 0 bridgehead atoms. The van der Waals surface area contributed by atoms with E-state index in [-0.39, 0.29) is 12.5 Å². The zero-order chi connectivity index (χ0) is 22.0. The van der Waals surface area contributed by atoms with Gasteiger partial charge < -0.3 is 15.0 Å². The molecule has 0 unspecified atom stereocenters. The fourth-order valence-electron chi connectivity index (χ4n) is 3.83. The van der Waals surface area contributed by atoms with Crippen molar-refractivity contribution >= 4 is 33.6 Å². The molecule has 4 rings (SSSR count). The zero-order valence-electron chi connectivity index (χ0n) is 16.9. The standard InChI is InChI=1S/C22H25N3O5S/c26-21(23-13-22(27)28)15-24-9-7-17-5-6-19(12-20(17)24)18-4-1-3-16(11-18)14-25-8-2-10-31(25,29)30/h1,3-7,9,11-12,29-30H,2,8,10,13-15H2,(H,23,26)(H,27,28). The zero-order valence-corrected chi connectivity index (χ0v) is 17.7. The molecule has 1 aliphatic rings. The Kier molecular flexibility index (Phi) is 6.01. The van der Waals surface area contributed by atoms with Crippen molar-refractivity contribution in [2.75, 3.05) is 18.8 Å². The predicted octanol–water partition coefficient (Wildman–Crippen LogP) is 3.38. The van der Waals surface area contributed by atoms with Crippen molar-refractivity contribution in [1.29, 1.82) is 0 Å². The number of benzene rings is 2. The number of carbonyl (C=O) groups excluding carboxylic acids is 1. The number of fused-ring (bicyclic) bond motifs is 1. The van der Waals surface area contributed by atoms with E-state index in [9.17, 15) is 18.7 Å². The molecule has 0 spiro atoms. The van der Waals surface area contributed by atoms with Crippen LogP contribution in [0.15, 0.2) is 54.7 Å². The number of rotatable bonds is 7. The molecule has 1 saturated heterocycles. The minimum absolute atomic E-state index is 0.0348. The van der Waals surface area contributed by atoms with Gasteiger partial charge in [-0.3, -0.25) is 18.7 Å². The van der Waals surface area contributed by atoms with Crippen LogP contribution in [0.1, 0.15) is 12.0 Å². The van der Waals surface area contributed by atoms with E-state index in [0.29, 0.717) is 18.8 Å². The van der Waals surface area contributed by atoms with Crippen molar-refractivity contribution in [1.82, 2.24) is 14.2 Å². The Hall–Kier alpha value is -2.85. The molecule has 2 aromatic carbocycles. The number of hydrogen-bond donors (Lipinski definition) is 4. The number of aromatic nitrogens is 1. The van der Waals surface area contributed by atoms with Crippen molar-refractivity contribution in [3.63, 3.8) is 0 Å². The summed E-state index contributed by atoms with van der Waals surface area (Å²) in [6.07, 6.45) is 2.60. The number of carboxylic acids is 1. The van der Waals surface area contributed by atoms with Gasteiger partial charge in [-0.15, -0.1) is 10.8 Å². The first kappa shape index (κ1) is 21.4. The fourth-order valence-corrected chi connectivity index (χ4v) is 5.38. The lowest BCUT2D eigenvalue weighted by molar-refractivity contribution is -0.138. The summed E-state index contributed by atoms with van der Waals surface area (Å²) in [5.74, 6) is -1.01.